The molecule has 400 valence electrons. The molecule has 0 aromatic rings. The first-order chi connectivity index (χ1) is 33.4. The standard InChI is InChI=1S/C49H86N2O18/c1-41(52)37-66-32-28-62-24-14-17-44(54)39-68-34-31-65-27-23-51-47(57)40-69-35-29-63-25-15-18-45(55)38-67-33-30-64-26-22-50-46(56)21-20-42(49(60)61)36-43(53)16-12-10-8-6-4-2-3-5-7-9-11-13-19-48(58)59/h42H,2-40H2,1H3,(H,50,56)(H,51,57)(H,58,59)(H,60,61)/t42-/m1/s1. The summed E-state index contributed by atoms with van der Waals surface area (Å²) in [7, 11) is 0. The highest BCUT2D eigenvalue weighted by Gasteiger charge is 2.22. The number of hydrogen-bond donors (Lipinski definition) is 4. The van der Waals surface area contributed by atoms with Crippen LogP contribution >= 0.6 is 0 Å². The van der Waals surface area contributed by atoms with E-state index in [1.807, 2.05) is 0 Å². The van der Waals surface area contributed by atoms with E-state index in [9.17, 15) is 43.5 Å². The summed E-state index contributed by atoms with van der Waals surface area (Å²) >= 11 is 0. The molecule has 69 heavy (non-hydrogen) atoms. The van der Waals surface area contributed by atoms with Crippen LogP contribution in [-0.4, -0.2) is 176 Å². The topological polar surface area (TPSA) is 275 Å². The number of amides is 2. The average molecular weight is 991 g/mol. The zero-order valence-corrected chi connectivity index (χ0v) is 41.6. The van der Waals surface area contributed by atoms with Gasteiger partial charge in [0, 0.05) is 64.8 Å². The highest BCUT2D eigenvalue weighted by molar-refractivity contribution is 5.84. The molecule has 0 saturated heterocycles. The predicted molar refractivity (Wildman–Crippen MR) is 254 cm³/mol. The van der Waals surface area contributed by atoms with E-state index in [1.54, 1.807) is 0 Å². The van der Waals surface area contributed by atoms with Crippen LogP contribution in [0.3, 0.4) is 0 Å². The van der Waals surface area contributed by atoms with Crippen LogP contribution in [0.15, 0.2) is 0 Å². The van der Waals surface area contributed by atoms with E-state index in [2.05, 4.69) is 10.6 Å². The number of ether oxygens (including phenoxy) is 8. The van der Waals surface area contributed by atoms with Crippen molar-refractivity contribution < 1.29 is 86.5 Å². The third-order valence-corrected chi connectivity index (χ3v) is 10.3. The third-order valence-electron chi connectivity index (χ3n) is 10.3. The van der Waals surface area contributed by atoms with Crippen molar-refractivity contribution in [3.8, 4) is 0 Å². The number of nitrogens with one attached hydrogen (secondary N) is 2. The van der Waals surface area contributed by atoms with E-state index in [-0.39, 0.29) is 153 Å². The lowest BCUT2D eigenvalue weighted by molar-refractivity contribution is -0.144. The smallest absolute Gasteiger partial charge is 0.306 e. The lowest BCUT2D eigenvalue weighted by Gasteiger charge is -2.12. The molecule has 4 N–H and O–H groups in total. The van der Waals surface area contributed by atoms with Crippen LogP contribution < -0.4 is 10.6 Å². The summed E-state index contributed by atoms with van der Waals surface area (Å²) in [6.07, 6.45) is 14.8. The first-order valence-corrected chi connectivity index (χ1v) is 25.0. The molecule has 0 aliphatic rings. The Labute approximate surface area is 409 Å². The van der Waals surface area contributed by atoms with Gasteiger partial charge in [0.1, 0.15) is 32.2 Å². The molecular weight excluding hydrogens is 905 g/mol. The normalized spacial score (nSPS) is 11.6. The van der Waals surface area contributed by atoms with Gasteiger partial charge in [-0.15, -0.1) is 0 Å². The van der Waals surface area contributed by atoms with Crippen molar-refractivity contribution in [2.24, 2.45) is 5.92 Å². The first kappa shape index (κ1) is 65.2. The molecule has 0 unspecified atom stereocenters. The minimum Gasteiger partial charge on any atom is -0.481 e. The Bertz CT molecular complexity index is 1370. The van der Waals surface area contributed by atoms with Gasteiger partial charge < -0.3 is 58.7 Å². The zero-order chi connectivity index (χ0) is 50.8. The molecule has 0 rings (SSSR count). The third kappa shape index (κ3) is 50.4. The summed E-state index contributed by atoms with van der Waals surface area (Å²) in [5.74, 6) is -3.57. The molecule has 1 atom stereocenters. The number of ketones is 4. The number of carboxylic acids is 2. The zero-order valence-electron chi connectivity index (χ0n) is 41.6. The quantitative estimate of drug-likeness (QED) is 0.0605. The molecule has 0 bridgehead atoms. The van der Waals surface area contributed by atoms with Gasteiger partial charge >= 0.3 is 11.9 Å². The van der Waals surface area contributed by atoms with Gasteiger partial charge in [-0.25, -0.2) is 0 Å². The monoisotopic (exact) mass is 991 g/mol. The SMILES string of the molecule is CC(=O)COCCOCCCC(=O)COCCOCCNC(=O)COCCOCCCC(=O)COCCOCCNC(=O)CC[C@H](CC(=O)CCCCCCCCCCCCCCC(=O)O)C(=O)O. The van der Waals surface area contributed by atoms with Crippen LogP contribution in [0.25, 0.3) is 0 Å². The van der Waals surface area contributed by atoms with Gasteiger partial charge in [0.2, 0.25) is 11.8 Å². The maximum Gasteiger partial charge on any atom is 0.306 e. The average Bonchev–Trinajstić information content (AvgIpc) is 3.30. The first-order valence-electron chi connectivity index (χ1n) is 25.0. The summed E-state index contributed by atoms with van der Waals surface area (Å²) in [4.78, 5) is 93.5. The summed E-state index contributed by atoms with van der Waals surface area (Å²) < 4.78 is 42.6. The fourth-order valence-corrected chi connectivity index (χ4v) is 6.55. The molecule has 2 amide bonds. The number of unbranched alkanes of at least 4 members (excludes halogenated alkanes) is 11. The molecule has 0 spiro atoms. The van der Waals surface area contributed by atoms with E-state index >= 15 is 0 Å². The lowest BCUT2D eigenvalue weighted by Crippen LogP contribution is -2.31. The van der Waals surface area contributed by atoms with Crippen LogP contribution in [0, 0.1) is 5.92 Å². The van der Waals surface area contributed by atoms with Gasteiger partial charge in [-0.05, 0) is 39.0 Å². The van der Waals surface area contributed by atoms with Crippen LogP contribution in [-0.2, 0) is 76.3 Å². The number of carbonyl (C=O) groups excluding carboxylic acids is 6. The summed E-state index contributed by atoms with van der Waals surface area (Å²) in [6.45, 7) is 5.24. The second-order valence-electron chi connectivity index (χ2n) is 16.8. The second kappa shape index (κ2) is 49.2. The molecule has 0 aliphatic heterocycles. The van der Waals surface area contributed by atoms with Crippen molar-refractivity contribution in [1.29, 1.82) is 0 Å². The number of aliphatic carboxylic acids is 2. The Balaban J connectivity index is 3.59. The number of carbonyl (C=O) groups is 8. The molecule has 20 nitrogen and oxygen atoms in total. The maximum absolute atomic E-state index is 12.4. The minimum atomic E-state index is -1.08. The van der Waals surface area contributed by atoms with Crippen molar-refractivity contribution in [2.45, 2.75) is 142 Å². The molecule has 0 saturated carbocycles. The molecule has 0 aliphatic carbocycles. The van der Waals surface area contributed by atoms with Crippen LogP contribution in [0.2, 0.25) is 0 Å². The number of rotatable bonds is 55. The van der Waals surface area contributed by atoms with Gasteiger partial charge in [0.25, 0.3) is 0 Å². The van der Waals surface area contributed by atoms with Gasteiger partial charge in [-0.3, -0.25) is 38.4 Å². The van der Waals surface area contributed by atoms with E-state index in [4.69, 9.17) is 43.0 Å². The molecule has 0 heterocycles. The van der Waals surface area contributed by atoms with Crippen molar-refractivity contribution in [3.05, 3.63) is 0 Å². The van der Waals surface area contributed by atoms with E-state index in [0.29, 0.717) is 58.7 Å². The fraction of sp³-hybridized carbons (Fsp3) is 0.837. The second-order valence-corrected chi connectivity index (χ2v) is 16.8. The fourth-order valence-electron chi connectivity index (χ4n) is 6.55. The highest BCUT2D eigenvalue weighted by Crippen LogP contribution is 2.17. The molecule has 0 aromatic carbocycles. The molecule has 0 fully saturated rings. The largest absolute Gasteiger partial charge is 0.481 e. The highest BCUT2D eigenvalue weighted by atomic mass is 16.5. The Kier molecular flexibility index (Phi) is 46.5. The summed E-state index contributed by atoms with van der Waals surface area (Å²) in [5, 5.41) is 23.6. The van der Waals surface area contributed by atoms with E-state index in [0.717, 1.165) is 57.8 Å². The van der Waals surface area contributed by atoms with Gasteiger partial charge in [-0.1, -0.05) is 64.2 Å². The van der Waals surface area contributed by atoms with Crippen LogP contribution in [0.5, 0.6) is 0 Å². The molecule has 20 heteroatoms. The van der Waals surface area contributed by atoms with Crippen LogP contribution in [0.4, 0.5) is 0 Å². The van der Waals surface area contributed by atoms with Gasteiger partial charge in [-0.2, -0.15) is 0 Å². The lowest BCUT2D eigenvalue weighted by atomic mass is 9.94. The molecular formula is C49H86N2O18. The van der Waals surface area contributed by atoms with Crippen molar-refractivity contribution in [3.63, 3.8) is 0 Å². The number of Topliss-reactive ketones (excluding diaryl/α,β-unsaturated/α-hetero) is 4. The number of carboxylic acid groups (broad SMARTS) is 2. The predicted octanol–water partition coefficient (Wildman–Crippen LogP) is 4.63. The van der Waals surface area contributed by atoms with E-state index < -0.39 is 17.9 Å². The summed E-state index contributed by atoms with van der Waals surface area (Å²) in [5.41, 5.74) is 0. The minimum absolute atomic E-state index is 0.00812. The van der Waals surface area contributed by atoms with Gasteiger partial charge in [0.15, 0.2) is 17.3 Å². The Morgan fingerprint density at radius 1 is 0.377 bits per heavy atom. The van der Waals surface area contributed by atoms with Crippen LogP contribution in [0.1, 0.15) is 142 Å². The molecule has 0 aromatic heterocycles. The Morgan fingerprint density at radius 2 is 0.754 bits per heavy atom. The molecule has 0 radical (unpaired) electrons. The van der Waals surface area contributed by atoms with Crippen molar-refractivity contribution >= 4 is 46.9 Å². The van der Waals surface area contributed by atoms with Crippen molar-refractivity contribution in [2.75, 3.05) is 119 Å². The van der Waals surface area contributed by atoms with Gasteiger partial charge in [0.05, 0.1) is 72.0 Å². The summed E-state index contributed by atoms with van der Waals surface area (Å²) in [6, 6.07) is 0. The Hall–Kier alpha value is -3.76. The maximum atomic E-state index is 12.4. The Morgan fingerprint density at radius 3 is 1.20 bits per heavy atom. The van der Waals surface area contributed by atoms with E-state index in [1.165, 1.54) is 26.2 Å². The number of hydrogen-bond acceptors (Lipinski definition) is 16. The van der Waals surface area contributed by atoms with Crippen molar-refractivity contribution in [1.82, 2.24) is 10.6 Å².